The summed E-state index contributed by atoms with van der Waals surface area (Å²) in [5.74, 6) is 3.46. The number of hydrogen-bond acceptors (Lipinski definition) is 6. The molecule has 550 valence electrons. The molecule has 1 unspecified atom stereocenters. The van der Waals surface area contributed by atoms with Crippen LogP contribution >= 0.6 is 0 Å². The van der Waals surface area contributed by atoms with Crippen LogP contribution in [0.4, 0.5) is 34.5 Å². The van der Waals surface area contributed by atoms with Crippen LogP contribution in [0.2, 0.25) is 0 Å². The van der Waals surface area contributed by atoms with Crippen LogP contribution in [-0.4, -0.2) is 0 Å². The second-order valence-corrected chi connectivity index (χ2v) is 35.2. The van der Waals surface area contributed by atoms with Crippen molar-refractivity contribution in [3.05, 3.63) is 343 Å². The van der Waals surface area contributed by atoms with Crippen LogP contribution in [-0.2, 0) is 16.2 Å². The van der Waals surface area contributed by atoms with Crippen molar-refractivity contribution in [1.29, 1.82) is 0 Å². The molecule has 4 heterocycles. The minimum Gasteiger partial charge on any atom is -0.456 e. The van der Waals surface area contributed by atoms with Gasteiger partial charge >= 0.3 is 0 Å². The Morgan fingerprint density at radius 2 is 0.754 bits per heavy atom. The van der Waals surface area contributed by atoms with Gasteiger partial charge in [0.15, 0.2) is 0 Å². The fourth-order valence-corrected chi connectivity index (χ4v) is 19.6. The minimum absolute atomic E-state index is 0.0364. The highest BCUT2D eigenvalue weighted by Crippen LogP contribution is 2.58. The maximum atomic E-state index is 7.86. The molecule has 3 aliphatic rings. The Labute approximate surface area is 663 Å². The van der Waals surface area contributed by atoms with Gasteiger partial charge in [-0.3, -0.25) is 9.80 Å². The molecule has 114 heavy (non-hydrogen) atoms. The summed E-state index contributed by atoms with van der Waals surface area (Å²) in [4.78, 5) is 4.80. The van der Waals surface area contributed by atoms with Crippen LogP contribution in [0.5, 0.6) is 0 Å². The van der Waals surface area contributed by atoms with Crippen molar-refractivity contribution in [1.82, 2.24) is 0 Å². The SMILES string of the molecule is CC(C)(C)c1ccc(-c2c(N(c3ccc4cc(-c5cc6ccccc6o5)ccc4c3)c3ccc4ccc5c(c4c3)C(C)(C)c3ccccc3-5)oc3ccc4c(ccc5oc(N(c6ccc7cc(-c8cc9ccccc9o8)ccc7c6)c6ccc7ccc8c(c7c6)C(C)(C)c6ccccc6-8)c(C6=CCC(C(C)(C)C)C=C6)c54)c23)cc1. The van der Waals surface area contributed by atoms with Gasteiger partial charge < -0.3 is 17.7 Å². The van der Waals surface area contributed by atoms with Crippen molar-refractivity contribution in [3.8, 4) is 56.0 Å². The second kappa shape index (κ2) is 24.7. The van der Waals surface area contributed by atoms with Crippen molar-refractivity contribution in [2.45, 2.75) is 91.9 Å². The van der Waals surface area contributed by atoms with Gasteiger partial charge in [0.25, 0.3) is 0 Å². The van der Waals surface area contributed by atoms with E-state index in [1.54, 1.807) is 0 Å². The van der Waals surface area contributed by atoms with Crippen molar-refractivity contribution >= 4 is 138 Å². The molecular weight excluding hydrogens is 1390 g/mol. The summed E-state index contributed by atoms with van der Waals surface area (Å²) in [6.45, 7) is 23.5. The Balaban J connectivity index is 0.794. The smallest absolute Gasteiger partial charge is 0.213 e. The summed E-state index contributed by atoms with van der Waals surface area (Å²) in [6, 6.07) is 107. The molecule has 0 amide bonds. The summed E-state index contributed by atoms with van der Waals surface area (Å²) in [7, 11) is 0. The Morgan fingerprint density at radius 1 is 0.333 bits per heavy atom. The molecular formula is C108H84N2O4. The predicted molar refractivity (Wildman–Crippen MR) is 477 cm³/mol. The van der Waals surface area contributed by atoms with E-state index >= 15 is 0 Å². The highest BCUT2D eigenvalue weighted by atomic mass is 16.4. The predicted octanol–water partition coefficient (Wildman–Crippen LogP) is 31.3. The Hall–Kier alpha value is -13.2. The van der Waals surface area contributed by atoms with Crippen LogP contribution in [0.1, 0.15) is 109 Å². The first-order chi connectivity index (χ1) is 55.2. The van der Waals surface area contributed by atoms with Gasteiger partial charge in [-0.1, -0.05) is 269 Å². The number of anilines is 6. The third-order valence-electron chi connectivity index (χ3n) is 25.6. The molecule has 6 nitrogen and oxygen atoms in total. The molecule has 0 spiro atoms. The van der Waals surface area contributed by atoms with Crippen molar-refractivity contribution in [3.63, 3.8) is 0 Å². The van der Waals surface area contributed by atoms with E-state index < -0.39 is 0 Å². The molecule has 22 rings (SSSR count). The third-order valence-corrected chi connectivity index (χ3v) is 25.6. The first kappa shape index (κ1) is 67.7. The molecule has 0 fully saturated rings. The molecule has 19 aromatic rings. The number of allylic oxidation sites excluding steroid dienone is 4. The first-order valence-electron chi connectivity index (χ1n) is 40.2. The lowest BCUT2D eigenvalue weighted by atomic mass is 9.76. The van der Waals surface area contributed by atoms with E-state index in [9.17, 15) is 0 Å². The molecule has 0 aliphatic heterocycles. The van der Waals surface area contributed by atoms with Crippen molar-refractivity contribution in [2.75, 3.05) is 9.80 Å². The standard InChI is InChI=1S/C108H84N2O4/c1-105(2,3)75-41-31-65(32-42-75)97-99-83-51-54-94-100(84(83)52-53-93(99)113-103(97)109(77-47-37-67-55-73(29-27-69(67)57-77)95-59-71-19-11-17-25-91(71)111-95)79-45-35-63-39-49-85-81-21-13-15-23-89(81)107(7,8)101(85)87(63)61-79)98(66-33-43-76(44-34-66)106(4,5)6)104(114-94)110(78-48-38-68-56-74(30-28-70(68)58-78)96-60-72-20-12-18-26-92(72)112-96)80-46-36-64-40-50-86-82-22-14-16-24-90(82)108(9,10)102(86)88(64)62-80/h11-43,45-62,76H,44H2,1-10H3. The lowest BCUT2D eigenvalue weighted by Crippen LogP contribution is -2.19. The van der Waals surface area contributed by atoms with Crippen LogP contribution in [0.3, 0.4) is 0 Å². The van der Waals surface area contributed by atoms with E-state index in [2.05, 4.69) is 364 Å². The lowest BCUT2D eigenvalue weighted by Gasteiger charge is -2.30. The highest BCUT2D eigenvalue weighted by Gasteiger charge is 2.40. The summed E-state index contributed by atoms with van der Waals surface area (Å²) < 4.78 is 28.7. The van der Waals surface area contributed by atoms with Gasteiger partial charge in [-0.05, 0) is 247 Å². The van der Waals surface area contributed by atoms with E-state index in [-0.39, 0.29) is 21.7 Å². The van der Waals surface area contributed by atoms with Crippen LogP contribution in [0, 0.1) is 11.3 Å². The van der Waals surface area contributed by atoms with Gasteiger partial charge in [0.2, 0.25) is 11.8 Å². The summed E-state index contributed by atoms with van der Waals surface area (Å²) in [6.07, 6.45) is 8.18. The van der Waals surface area contributed by atoms with Gasteiger partial charge in [-0.25, -0.2) is 0 Å². The Morgan fingerprint density at radius 3 is 1.23 bits per heavy atom. The molecule has 0 radical (unpaired) electrons. The Bertz CT molecular complexity index is 7300. The quantitative estimate of drug-likeness (QED) is 0.136. The normalized spacial score (nSPS) is 15.0. The topological polar surface area (TPSA) is 59.0 Å². The zero-order chi connectivity index (χ0) is 77.0. The zero-order valence-electron chi connectivity index (χ0n) is 65.8. The summed E-state index contributed by atoms with van der Waals surface area (Å²) >= 11 is 0. The molecule has 0 N–H and O–H groups in total. The van der Waals surface area contributed by atoms with E-state index in [0.717, 1.165) is 156 Å². The lowest BCUT2D eigenvalue weighted by molar-refractivity contribution is 0.294. The fourth-order valence-electron chi connectivity index (χ4n) is 19.6. The number of hydrogen-bond donors (Lipinski definition) is 0. The average Bonchev–Trinajstić information content (AvgIpc) is 1.55. The number of rotatable bonds is 10. The van der Waals surface area contributed by atoms with Crippen molar-refractivity contribution in [2.24, 2.45) is 11.3 Å². The summed E-state index contributed by atoms with van der Waals surface area (Å²) in [5, 5.41) is 15.5. The largest absolute Gasteiger partial charge is 0.456 e. The number of fused-ring (bicyclic) bond motifs is 19. The molecule has 0 saturated heterocycles. The number of nitrogens with zero attached hydrogens (tertiary/aromatic N) is 2. The number of benzene rings is 15. The average molecular weight is 1470 g/mol. The Kier molecular flexibility index (Phi) is 14.7. The monoisotopic (exact) mass is 1470 g/mol. The molecule has 3 aliphatic carbocycles. The molecule has 6 heteroatoms. The van der Waals surface area contributed by atoms with Gasteiger partial charge in [0.05, 0.1) is 11.1 Å². The van der Waals surface area contributed by atoms with E-state index in [0.29, 0.717) is 11.8 Å². The van der Waals surface area contributed by atoms with Crippen LogP contribution in [0.25, 0.3) is 159 Å². The fraction of sp³-hybridized carbons (Fsp3) is 0.148. The molecule has 0 saturated carbocycles. The van der Waals surface area contributed by atoms with Gasteiger partial charge in [0, 0.05) is 66.3 Å². The second-order valence-electron chi connectivity index (χ2n) is 35.2. The molecule has 1 atom stereocenters. The maximum absolute atomic E-state index is 7.86. The maximum Gasteiger partial charge on any atom is 0.213 e. The minimum atomic E-state index is -0.267. The van der Waals surface area contributed by atoms with Gasteiger partial charge in [0.1, 0.15) is 33.9 Å². The zero-order valence-corrected chi connectivity index (χ0v) is 65.8. The van der Waals surface area contributed by atoms with E-state index in [1.165, 1.54) is 71.6 Å². The number of para-hydroxylation sites is 2. The highest BCUT2D eigenvalue weighted by molar-refractivity contribution is 6.25. The summed E-state index contributed by atoms with van der Waals surface area (Å²) in [5.41, 5.74) is 24.6. The molecule has 0 bridgehead atoms. The van der Waals surface area contributed by atoms with Gasteiger partial charge in [-0.2, -0.15) is 0 Å². The molecule has 4 aromatic heterocycles. The van der Waals surface area contributed by atoms with E-state index in [4.69, 9.17) is 17.7 Å². The van der Waals surface area contributed by atoms with E-state index in [1.807, 2.05) is 24.3 Å². The van der Waals surface area contributed by atoms with Gasteiger partial charge in [-0.15, -0.1) is 0 Å². The van der Waals surface area contributed by atoms with Crippen LogP contribution in [0.15, 0.2) is 327 Å². The van der Waals surface area contributed by atoms with Crippen molar-refractivity contribution < 1.29 is 17.7 Å². The van der Waals surface area contributed by atoms with Crippen LogP contribution < -0.4 is 9.80 Å². The third kappa shape index (κ3) is 10.5. The first-order valence-corrected chi connectivity index (χ1v) is 40.2. The molecule has 15 aromatic carbocycles. The number of furan rings is 4.